The van der Waals surface area contributed by atoms with Crippen molar-refractivity contribution >= 4 is 17.5 Å². The van der Waals surface area contributed by atoms with Gasteiger partial charge in [0.1, 0.15) is 5.82 Å². The lowest BCUT2D eigenvalue weighted by atomic mass is 9.99. The van der Waals surface area contributed by atoms with Crippen LogP contribution in [0.5, 0.6) is 0 Å². The summed E-state index contributed by atoms with van der Waals surface area (Å²) in [7, 11) is 0. The molecular weight excluding hydrogens is 347 g/mol. The molecule has 148 valence electrons. The fourth-order valence-corrected chi connectivity index (χ4v) is 3.89. The molecule has 0 saturated carbocycles. The largest absolute Gasteiger partial charge is 0.327 e. The van der Waals surface area contributed by atoms with Crippen molar-refractivity contribution in [3.05, 3.63) is 30.1 Å². The lowest BCUT2D eigenvalue weighted by Crippen LogP contribution is -3.16. The summed E-state index contributed by atoms with van der Waals surface area (Å²) in [5.41, 5.74) is 0.605. The Morgan fingerprint density at radius 3 is 2.26 bits per heavy atom. The van der Waals surface area contributed by atoms with E-state index in [-0.39, 0.29) is 17.6 Å². The van der Waals surface area contributed by atoms with Crippen molar-refractivity contribution in [1.82, 2.24) is 4.90 Å². The van der Waals surface area contributed by atoms with Crippen molar-refractivity contribution in [3.63, 3.8) is 0 Å². The van der Waals surface area contributed by atoms with Crippen LogP contribution in [-0.4, -0.2) is 69.1 Å². The Kier molecular flexibility index (Phi) is 6.79. The molecule has 3 N–H and O–H groups in total. The number of rotatable bonds is 5. The Hall–Kier alpha value is -1.99. The second kappa shape index (κ2) is 9.28. The summed E-state index contributed by atoms with van der Waals surface area (Å²) in [6.07, 6.45) is 2.42. The zero-order chi connectivity index (χ0) is 19.2. The second-order valence-corrected chi connectivity index (χ2v) is 7.97. The molecule has 2 aliphatic rings. The van der Waals surface area contributed by atoms with Crippen LogP contribution in [-0.2, 0) is 9.59 Å². The Morgan fingerprint density at radius 1 is 1.04 bits per heavy atom. The molecule has 0 aromatic heterocycles. The van der Waals surface area contributed by atoms with E-state index in [2.05, 4.69) is 12.2 Å². The zero-order valence-corrected chi connectivity index (χ0v) is 16.1. The molecule has 1 aromatic rings. The summed E-state index contributed by atoms with van der Waals surface area (Å²) < 4.78 is 12.9. The highest BCUT2D eigenvalue weighted by atomic mass is 19.1. The third-order valence-electron chi connectivity index (χ3n) is 5.74. The number of hydrogen-bond donors (Lipinski definition) is 3. The highest BCUT2D eigenvalue weighted by Crippen LogP contribution is 2.08. The Labute approximate surface area is 160 Å². The molecule has 2 fully saturated rings. The molecular formula is C20H31FN4O2+2. The van der Waals surface area contributed by atoms with E-state index in [0.717, 1.165) is 32.1 Å². The topological polar surface area (TPSA) is 58.3 Å². The van der Waals surface area contributed by atoms with E-state index in [1.54, 1.807) is 12.1 Å². The number of quaternary nitrogens is 2. The van der Waals surface area contributed by atoms with Crippen LogP contribution in [0, 0.1) is 11.7 Å². The SMILES string of the molecule is CC1CC[NH+](CC(=O)N2CC[NH+](CC(=O)Nc3ccc(F)cc3)CC2)CC1. The number of halogens is 1. The van der Waals surface area contributed by atoms with Gasteiger partial charge in [-0.25, -0.2) is 4.39 Å². The number of nitrogens with zero attached hydrogens (tertiary/aromatic N) is 1. The van der Waals surface area contributed by atoms with Gasteiger partial charge in [0.25, 0.3) is 11.8 Å². The summed E-state index contributed by atoms with van der Waals surface area (Å²) in [6, 6.07) is 5.78. The van der Waals surface area contributed by atoms with Crippen molar-refractivity contribution in [2.75, 3.05) is 57.7 Å². The molecule has 27 heavy (non-hydrogen) atoms. The third-order valence-corrected chi connectivity index (χ3v) is 5.74. The first-order valence-corrected chi connectivity index (χ1v) is 10.00. The second-order valence-electron chi connectivity index (χ2n) is 7.97. The fraction of sp³-hybridized carbons (Fsp3) is 0.600. The molecule has 0 spiro atoms. The summed E-state index contributed by atoms with van der Waals surface area (Å²) in [5, 5.41) is 2.80. The predicted octanol–water partition coefficient (Wildman–Crippen LogP) is -1.19. The van der Waals surface area contributed by atoms with E-state index in [4.69, 9.17) is 0 Å². The van der Waals surface area contributed by atoms with Gasteiger partial charge in [-0.15, -0.1) is 0 Å². The van der Waals surface area contributed by atoms with Crippen LogP contribution in [0.1, 0.15) is 19.8 Å². The molecule has 0 atom stereocenters. The monoisotopic (exact) mass is 378 g/mol. The summed E-state index contributed by atoms with van der Waals surface area (Å²) in [6.45, 7) is 8.45. The normalized spacial score (nSPS) is 23.9. The maximum atomic E-state index is 12.9. The first-order chi connectivity index (χ1) is 13.0. The minimum absolute atomic E-state index is 0.0803. The van der Waals surface area contributed by atoms with Gasteiger partial charge in [-0.2, -0.15) is 0 Å². The van der Waals surface area contributed by atoms with E-state index < -0.39 is 0 Å². The number of nitrogens with one attached hydrogen (secondary N) is 3. The van der Waals surface area contributed by atoms with E-state index in [1.807, 2.05) is 4.90 Å². The number of piperidine rings is 1. The number of hydrogen-bond acceptors (Lipinski definition) is 2. The van der Waals surface area contributed by atoms with E-state index in [1.165, 1.54) is 34.8 Å². The number of amides is 2. The predicted molar refractivity (Wildman–Crippen MR) is 101 cm³/mol. The van der Waals surface area contributed by atoms with Gasteiger partial charge in [0.15, 0.2) is 13.1 Å². The van der Waals surface area contributed by atoms with Crippen molar-refractivity contribution in [3.8, 4) is 0 Å². The van der Waals surface area contributed by atoms with Gasteiger partial charge in [-0.1, -0.05) is 6.92 Å². The molecule has 2 aliphatic heterocycles. The van der Waals surface area contributed by atoms with Crippen LogP contribution in [0.2, 0.25) is 0 Å². The average Bonchev–Trinajstić information content (AvgIpc) is 2.66. The quantitative estimate of drug-likeness (QED) is 0.603. The molecule has 0 aliphatic carbocycles. The number of piperazine rings is 1. The molecule has 0 bridgehead atoms. The molecule has 1 aromatic carbocycles. The number of likely N-dealkylation sites (tertiary alicyclic amines) is 1. The Bertz CT molecular complexity index is 636. The van der Waals surface area contributed by atoms with Crippen LogP contribution in [0.25, 0.3) is 0 Å². The average molecular weight is 378 g/mol. The molecule has 6 nitrogen and oxygen atoms in total. The molecule has 3 rings (SSSR count). The molecule has 2 amide bonds. The number of benzene rings is 1. The number of anilines is 1. The zero-order valence-electron chi connectivity index (χ0n) is 16.1. The van der Waals surface area contributed by atoms with Crippen LogP contribution in [0.4, 0.5) is 10.1 Å². The van der Waals surface area contributed by atoms with Gasteiger partial charge in [0.05, 0.1) is 39.3 Å². The summed E-state index contributed by atoms with van der Waals surface area (Å²) in [5.74, 6) is 0.634. The third kappa shape index (κ3) is 6.01. The summed E-state index contributed by atoms with van der Waals surface area (Å²) >= 11 is 0. The van der Waals surface area contributed by atoms with E-state index in [9.17, 15) is 14.0 Å². The van der Waals surface area contributed by atoms with Gasteiger partial charge in [0.2, 0.25) is 0 Å². The van der Waals surface area contributed by atoms with E-state index in [0.29, 0.717) is 31.9 Å². The van der Waals surface area contributed by atoms with Crippen LogP contribution < -0.4 is 15.1 Å². The minimum atomic E-state index is -0.319. The standard InChI is InChI=1S/C20H29FN4O2/c1-16-6-8-23(9-7-16)15-20(27)25-12-10-24(11-13-25)14-19(26)22-18-4-2-17(21)3-5-18/h2-5,16H,6-15H2,1H3,(H,22,26)/p+2. The fourth-order valence-electron chi connectivity index (χ4n) is 3.89. The molecule has 0 unspecified atom stereocenters. The highest BCUT2D eigenvalue weighted by molar-refractivity contribution is 5.91. The molecule has 0 radical (unpaired) electrons. The van der Waals surface area contributed by atoms with Gasteiger partial charge < -0.3 is 20.0 Å². The molecule has 7 heteroatoms. The first-order valence-electron chi connectivity index (χ1n) is 10.00. The number of carbonyl (C=O) groups excluding carboxylic acids is 2. The van der Waals surface area contributed by atoms with Crippen molar-refractivity contribution in [2.45, 2.75) is 19.8 Å². The minimum Gasteiger partial charge on any atom is -0.327 e. The van der Waals surface area contributed by atoms with Crippen molar-refractivity contribution < 1.29 is 23.8 Å². The summed E-state index contributed by atoms with van der Waals surface area (Å²) in [4.78, 5) is 29.2. The van der Waals surface area contributed by atoms with Crippen molar-refractivity contribution in [2.24, 2.45) is 5.92 Å². The van der Waals surface area contributed by atoms with Crippen LogP contribution >= 0.6 is 0 Å². The Balaban J connectivity index is 1.37. The Morgan fingerprint density at radius 2 is 1.63 bits per heavy atom. The van der Waals surface area contributed by atoms with E-state index >= 15 is 0 Å². The van der Waals surface area contributed by atoms with Gasteiger partial charge >= 0.3 is 0 Å². The van der Waals surface area contributed by atoms with Gasteiger partial charge in [-0.3, -0.25) is 9.59 Å². The smallest absolute Gasteiger partial charge is 0.279 e. The first kappa shape index (κ1) is 19.8. The maximum Gasteiger partial charge on any atom is 0.279 e. The molecule has 2 saturated heterocycles. The van der Waals surface area contributed by atoms with Crippen LogP contribution in [0.3, 0.4) is 0 Å². The molecule has 2 heterocycles. The lowest BCUT2D eigenvalue weighted by Gasteiger charge is -2.33. The van der Waals surface area contributed by atoms with Gasteiger partial charge in [-0.05, 0) is 43.0 Å². The highest BCUT2D eigenvalue weighted by Gasteiger charge is 2.28. The maximum absolute atomic E-state index is 12.9. The number of carbonyl (C=O) groups is 2. The van der Waals surface area contributed by atoms with Crippen molar-refractivity contribution in [1.29, 1.82) is 0 Å². The van der Waals surface area contributed by atoms with Gasteiger partial charge in [0, 0.05) is 5.69 Å². The van der Waals surface area contributed by atoms with Crippen LogP contribution in [0.15, 0.2) is 24.3 Å². The lowest BCUT2D eigenvalue weighted by molar-refractivity contribution is -0.900.